The highest BCUT2D eigenvalue weighted by Crippen LogP contribution is 2.14. The highest BCUT2D eigenvalue weighted by atomic mass is 32.2. The number of hydrogen-bond donors (Lipinski definition) is 3. The fourth-order valence-electron chi connectivity index (χ4n) is 2.05. The average Bonchev–Trinajstić information content (AvgIpc) is 2.58. The second-order valence-electron chi connectivity index (χ2n) is 5.84. The maximum absolute atomic E-state index is 12.2. The number of hydrogen-bond acceptors (Lipinski definition) is 4. The first-order valence-corrected chi connectivity index (χ1v) is 10.2. The van der Waals surface area contributed by atoms with Crippen LogP contribution in [0.2, 0.25) is 0 Å². The van der Waals surface area contributed by atoms with Crippen LogP contribution in [0, 0.1) is 0 Å². The van der Waals surface area contributed by atoms with E-state index >= 15 is 0 Å². The summed E-state index contributed by atoms with van der Waals surface area (Å²) in [5.41, 5.74) is 0.579. The summed E-state index contributed by atoms with van der Waals surface area (Å²) in [4.78, 5) is 12.1. The van der Waals surface area contributed by atoms with Crippen molar-refractivity contribution in [2.45, 2.75) is 44.6 Å². The number of carbonyl (C=O) groups is 1. The number of amides is 1. The molecular weight excluding hydrogens is 342 g/mol. The topological polar surface area (TPSA) is 101 Å². The summed E-state index contributed by atoms with van der Waals surface area (Å²) in [5, 5.41) is 4.68. The van der Waals surface area contributed by atoms with E-state index in [4.69, 9.17) is 4.74 Å². The first-order chi connectivity index (χ1) is 11.9. The molecule has 0 aliphatic carbocycles. The van der Waals surface area contributed by atoms with Gasteiger partial charge in [-0.15, -0.1) is 0 Å². The summed E-state index contributed by atoms with van der Waals surface area (Å²) in [6.45, 7) is 8.24. The van der Waals surface area contributed by atoms with Crippen LogP contribution in [0.1, 0.15) is 33.6 Å². The normalized spacial score (nSPS) is 12.8. The Morgan fingerprint density at radius 3 is 2.52 bits per heavy atom. The van der Waals surface area contributed by atoms with Gasteiger partial charge in [-0.3, -0.25) is 4.79 Å². The number of ether oxygens (including phenoxy) is 1. The van der Waals surface area contributed by atoms with E-state index in [0.717, 1.165) is 13.0 Å². The molecule has 25 heavy (non-hydrogen) atoms. The Morgan fingerprint density at radius 2 is 1.92 bits per heavy atom. The van der Waals surface area contributed by atoms with E-state index in [1.54, 1.807) is 12.1 Å². The lowest BCUT2D eigenvalue weighted by Gasteiger charge is -2.12. The van der Waals surface area contributed by atoms with Crippen LogP contribution in [0.4, 0.5) is 5.69 Å². The van der Waals surface area contributed by atoms with Crippen LogP contribution >= 0.6 is 0 Å². The summed E-state index contributed by atoms with van der Waals surface area (Å²) in [6, 6.07) is 6.05. The van der Waals surface area contributed by atoms with Crippen molar-refractivity contribution in [3.05, 3.63) is 24.3 Å². The quantitative estimate of drug-likeness (QED) is 0.470. The highest BCUT2D eigenvalue weighted by Gasteiger charge is 2.16. The maximum atomic E-state index is 12.2. The second-order valence-corrected chi connectivity index (χ2v) is 7.55. The van der Waals surface area contributed by atoms with Gasteiger partial charge in [0.05, 0.1) is 18.0 Å². The zero-order chi connectivity index (χ0) is 18.7. The van der Waals surface area contributed by atoms with Crippen LogP contribution in [-0.2, 0) is 19.6 Å². The first kappa shape index (κ1) is 21.6. The van der Waals surface area contributed by atoms with Crippen LogP contribution in [0.5, 0.6) is 0 Å². The third-order valence-corrected chi connectivity index (χ3v) is 5.25. The molecule has 4 N–H and O–H groups in total. The minimum Gasteiger partial charge on any atom is -0.382 e. The number of quaternary nitrogens is 1. The van der Waals surface area contributed by atoms with Gasteiger partial charge < -0.3 is 15.4 Å². The minimum atomic E-state index is -3.52. The Balaban J connectivity index is 2.44. The Morgan fingerprint density at radius 1 is 1.24 bits per heavy atom. The molecule has 1 aromatic rings. The molecule has 0 unspecified atom stereocenters. The summed E-state index contributed by atoms with van der Waals surface area (Å²) < 4.78 is 32.2. The van der Waals surface area contributed by atoms with Crippen LogP contribution in [0.3, 0.4) is 0 Å². The van der Waals surface area contributed by atoms with E-state index in [0.29, 0.717) is 31.9 Å². The van der Waals surface area contributed by atoms with Crippen LogP contribution in [-0.4, -0.2) is 46.7 Å². The molecule has 1 aromatic carbocycles. The molecule has 7 nitrogen and oxygen atoms in total. The number of nitrogens with one attached hydrogen (secondary N) is 2. The van der Waals surface area contributed by atoms with Gasteiger partial charge in [0, 0.05) is 24.8 Å². The lowest BCUT2D eigenvalue weighted by atomic mass is 10.3. The van der Waals surface area contributed by atoms with Crippen LogP contribution in [0.25, 0.3) is 0 Å². The molecule has 0 bridgehead atoms. The smallest absolute Gasteiger partial charge is 0.279 e. The SMILES string of the molecule is CCOCCC[NH2+]CC(=O)Nc1ccc(S(=O)(=O)N[C@H](C)CC)cc1. The number of nitrogens with two attached hydrogens (primary N) is 1. The molecule has 0 fully saturated rings. The monoisotopic (exact) mass is 372 g/mol. The number of anilines is 1. The minimum absolute atomic E-state index is 0.121. The molecule has 142 valence electrons. The van der Waals surface area contributed by atoms with E-state index in [9.17, 15) is 13.2 Å². The largest absolute Gasteiger partial charge is 0.382 e. The van der Waals surface area contributed by atoms with Crippen molar-refractivity contribution in [2.75, 3.05) is 31.6 Å². The Hall–Kier alpha value is -1.48. The molecule has 1 atom stereocenters. The van der Waals surface area contributed by atoms with E-state index in [1.165, 1.54) is 12.1 Å². The predicted molar refractivity (Wildman–Crippen MR) is 97.9 cm³/mol. The van der Waals surface area contributed by atoms with Crippen molar-refractivity contribution in [1.82, 2.24) is 4.72 Å². The molecule has 0 radical (unpaired) electrons. The molecule has 0 aliphatic rings. The average molecular weight is 373 g/mol. The van der Waals surface area contributed by atoms with Crippen molar-refractivity contribution in [3.8, 4) is 0 Å². The van der Waals surface area contributed by atoms with Gasteiger partial charge in [-0.2, -0.15) is 0 Å². The third-order valence-electron chi connectivity index (χ3n) is 3.65. The molecule has 8 heteroatoms. The molecule has 1 rings (SSSR count). The Bertz CT molecular complexity index is 617. The highest BCUT2D eigenvalue weighted by molar-refractivity contribution is 7.89. The van der Waals surface area contributed by atoms with Gasteiger partial charge >= 0.3 is 0 Å². The van der Waals surface area contributed by atoms with Crippen molar-refractivity contribution in [1.29, 1.82) is 0 Å². The molecule has 0 aliphatic heterocycles. The second kappa shape index (κ2) is 11.2. The zero-order valence-electron chi connectivity index (χ0n) is 15.2. The summed E-state index contributed by atoms with van der Waals surface area (Å²) in [6.07, 6.45) is 1.62. The van der Waals surface area contributed by atoms with Gasteiger partial charge in [0.25, 0.3) is 5.91 Å². The van der Waals surface area contributed by atoms with Crippen molar-refractivity contribution in [2.24, 2.45) is 0 Å². The number of benzene rings is 1. The molecule has 0 spiro atoms. The van der Waals surface area contributed by atoms with Crippen molar-refractivity contribution >= 4 is 21.6 Å². The lowest BCUT2D eigenvalue weighted by molar-refractivity contribution is -0.644. The fraction of sp³-hybridized carbons (Fsp3) is 0.588. The van der Waals surface area contributed by atoms with Gasteiger partial charge in [0.15, 0.2) is 6.54 Å². The molecule has 0 heterocycles. The Kier molecular flexibility index (Phi) is 9.66. The van der Waals surface area contributed by atoms with Gasteiger partial charge in [0.2, 0.25) is 10.0 Å². The number of rotatable bonds is 12. The van der Waals surface area contributed by atoms with Gasteiger partial charge in [0.1, 0.15) is 0 Å². The Labute approximate surface area is 150 Å². The molecule has 0 saturated carbocycles. The summed E-state index contributed by atoms with van der Waals surface area (Å²) >= 11 is 0. The zero-order valence-corrected chi connectivity index (χ0v) is 16.1. The number of sulfonamides is 1. The van der Waals surface area contributed by atoms with Crippen LogP contribution in [0.15, 0.2) is 29.2 Å². The predicted octanol–water partition coefficient (Wildman–Crippen LogP) is 0.692. The maximum Gasteiger partial charge on any atom is 0.279 e. The standard InChI is InChI=1S/C17H29N3O4S/c1-4-14(3)20-25(22,23)16-9-7-15(8-10-16)19-17(21)13-18-11-6-12-24-5-2/h7-10,14,18,20H,4-6,11-13H2,1-3H3,(H,19,21)/p+1/t14-/m1/s1. The molecule has 0 aromatic heterocycles. The third kappa shape index (κ3) is 8.44. The van der Waals surface area contributed by atoms with Gasteiger partial charge in [-0.05, 0) is 44.5 Å². The molecule has 0 saturated heterocycles. The molecule has 1 amide bonds. The van der Waals surface area contributed by atoms with E-state index in [2.05, 4.69) is 10.0 Å². The summed E-state index contributed by atoms with van der Waals surface area (Å²) in [5.74, 6) is -0.121. The lowest BCUT2D eigenvalue weighted by Crippen LogP contribution is -2.86. The van der Waals surface area contributed by atoms with E-state index in [-0.39, 0.29) is 16.8 Å². The molecular formula is C17H30N3O4S+. The number of carbonyl (C=O) groups excluding carboxylic acids is 1. The van der Waals surface area contributed by atoms with Gasteiger partial charge in [-0.1, -0.05) is 6.92 Å². The van der Waals surface area contributed by atoms with Crippen LogP contribution < -0.4 is 15.4 Å². The first-order valence-electron chi connectivity index (χ1n) is 8.70. The van der Waals surface area contributed by atoms with E-state index in [1.807, 2.05) is 26.1 Å². The van der Waals surface area contributed by atoms with Gasteiger partial charge in [-0.25, -0.2) is 13.1 Å². The van der Waals surface area contributed by atoms with Crippen molar-refractivity contribution < 1.29 is 23.3 Å². The fourth-order valence-corrected chi connectivity index (χ4v) is 3.38. The van der Waals surface area contributed by atoms with E-state index < -0.39 is 10.0 Å². The summed E-state index contributed by atoms with van der Waals surface area (Å²) in [7, 11) is -3.52. The van der Waals surface area contributed by atoms with Crippen molar-refractivity contribution in [3.63, 3.8) is 0 Å².